The Kier molecular flexibility index (Phi) is 3.48. The molecule has 0 unspecified atom stereocenters. The molecule has 1 saturated carbocycles. The molecule has 0 amide bonds. The van der Waals surface area contributed by atoms with E-state index in [1.54, 1.807) is 18.2 Å². The van der Waals surface area contributed by atoms with Gasteiger partial charge >= 0.3 is 5.69 Å². The molecular formula is C17H18N4O3. The lowest BCUT2D eigenvalue weighted by atomic mass is 10.2. The van der Waals surface area contributed by atoms with Crippen molar-refractivity contribution in [3.05, 3.63) is 56.5 Å². The van der Waals surface area contributed by atoms with Crippen molar-refractivity contribution < 1.29 is 4.74 Å². The van der Waals surface area contributed by atoms with E-state index in [4.69, 9.17) is 4.74 Å². The Morgan fingerprint density at radius 2 is 2.12 bits per heavy atom. The summed E-state index contributed by atoms with van der Waals surface area (Å²) in [5, 5.41) is 7.62. The highest BCUT2D eigenvalue weighted by Gasteiger charge is 2.26. The summed E-state index contributed by atoms with van der Waals surface area (Å²) in [6.45, 7) is 2.56. The van der Waals surface area contributed by atoms with Gasteiger partial charge in [0.05, 0.1) is 35.4 Å². The van der Waals surface area contributed by atoms with Crippen molar-refractivity contribution in [1.82, 2.24) is 19.7 Å². The molecule has 0 bridgehead atoms. The predicted octanol–water partition coefficient (Wildman–Crippen LogP) is 1.74. The first-order chi connectivity index (χ1) is 11.7. The Bertz CT molecular complexity index is 1010. The molecule has 1 aliphatic rings. The number of ether oxygens (including phenoxy) is 1. The first-order valence-corrected chi connectivity index (χ1v) is 8.09. The van der Waals surface area contributed by atoms with Gasteiger partial charge in [-0.25, -0.2) is 4.79 Å². The van der Waals surface area contributed by atoms with Gasteiger partial charge in [0.25, 0.3) is 5.56 Å². The van der Waals surface area contributed by atoms with Crippen molar-refractivity contribution >= 4 is 10.9 Å². The molecule has 7 nitrogen and oxygen atoms in total. The largest absolute Gasteiger partial charge is 0.494 e. The van der Waals surface area contributed by atoms with Crippen LogP contribution in [0.2, 0.25) is 0 Å². The molecule has 124 valence electrons. The fourth-order valence-corrected chi connectivity index (χ4v) is 2.85. The molecule has 0 atom stereocenters. The lowest BCUT2D eigenvalue weighted by molar-refractivity contribution is 0.340. The van der Waals surface area contributed by atoms with Gasteiger partial charge in [-0.15, -0.1) is 0 Å². The second-order valence-electron chi connectivity index (χ2n) is 6.05. The smallest absolute Gasteiger partial charge is 0.329 e. The van der Waals surface area contributed by atoms with Crippen LogP contribution in [0.15, 0.2) is 33.9 Å². The molecule has 2 heterocycles. The highest BCUT2D eigenvalue weighted by atomic mass is 16.5. The van der Waals surface area contributed by atoms with Gasteiger partial charge in [-0.05, 0) is 44.0 Å². The number of nitrogens with one attached hydrogen (secondary N) is 2. The fraction of sp³-hybridized carbons (Fsp3) is 0.353. The summed E-state index contributed by atoms with van der Waals surface area (Å²) < 4.78 is 6.62. The molecule has 7 heteroatoms. The molecule has 3 aromatic rings. The molecule has 0 spiro atoms. The first kappa shape index (κ1) is 14.7. The standard InChI is InChI=1S/C17H18N4O3/c1-2-24-12-5-6-14-13(8-12)16(22)21(17(23)18-14)9-11-7-15(20-19-11)10-3-4-10/h5-8,10H,2-4,9H2,1H3,(H,18,23)(H,19,20). The molecule has 1 aromatic carbocycles. The Labute approximate surface area is 137 Å². The molecule has 0 radical (unpaired) electrons. The second-order valence-corrected chi connectivity index (χ2v) is 6.05. The first-order valence-electron chi connectivity index (χ1n) is 8.09. The fourth-order valence-electron chi connectivity index (χ4n) is 2.85. The van der Waals surface area contributed by atoms with Crippen LogP contribution < -0.4 is 16.0 Å². The molecule has 24 heavy (non-hydrogen) atoms. The van der Waals surface area contributed by atoms with E-state index < -0.39 is 5.69 Å². The molecule has 0 saturated heterocycles. The van der Waals surface area contributed by atoms with Gasteiger partial charge in [0.2, 0.25) is 0 Å². The van der Waals surface area contributed by atoms with Gasteiger partial charge in [0.1, 0.15) is 5.75 Å². The minimum atomic E-state index is -0.431. The summed E-state index contributed by atoms with van der Waals surface area (Å²) in [4.78, 5) is 27.7. The lowest BCUT2D eigenvalue weighted by Crippen LogP contribution is -2.35. The number of benzene rings is 1. The number of fused-ring (bicyclic) bond motifs is 1. The van der Waals surface area contributed by atoms with Crippen molar-refractivity contribution in [2.24, 2.45) is 0 Å². The molecule has 4 rings (SSSR count). The topological polar surface area (TPSA) is 92.8 Å². The summed E-state index contributed by atoms with van der Waals surface area (Å²) >= 11 is 0. The van der Waals surface area contributed by atoms with Crippen LogP contribution >= 0.6 is 0 Å². The van der Waals surface area contributed by atoms with Crippen molar-refractivity contribution in [3.8, 4) is 5.75 Å². The number of H-pyrrole nitrogens is 2. The zero-order valence-corrected chi connectivity index (χ0v) is 13.3. The van der Waals surface area contributed by atoms with Crippen LogP contribution in [0.5, 0.6) is 5.75 Å². The summed E-state index contributed by atoms with van der Waals surface area (Å²) in [5.41, 5.74) is 1.50. The summed E-state index contributed by atoms with van der Waals surface area (Å²) in [7, 11) is 0. The number of hydrogen-bond acceptors (Lipinski definition) is 4. The molecule has 2 N–H and O–H groups in total. The van der Waals surface area contributed by atoms with Gasteiger partial charge in [0.15, 0.2) is 0 Å². The second kappa shape index (κ2) is 5.67. The van der Waals surface area contributed by atoms with Crippen LogP contribution in [0.1, 0.15) is 37.1 Å². The maximum atomic E-state index is 12.7. The zero-order valence-electron chi connectivity index (χ0n) is 13.3. The molecule has 1 fully saturated rings. The third-order valence-corrected chi connectivity index (χ3v) is 4.24. The third kappa shape index (κ3) is 2.62. The minimum absolute atomic E-state index is 0.169. The van der Waals surface area contributed by atoms with Gasteiger partial charge < -0.3 is 9.72 Å². The van der Waals surface area contributed by atoms with Crippen LogP contribution in [-0.4, -0.2) is 26.4 Å². The maximum absolute atomic E-state index is 12.7. The van der Waals surface area contributed by atoms with Crippen molar-refractivity contribution in [2.75, 3.05) is 6.61 Å². The average molecular weight is 326 g/mol. The number of hydrogen-bond donors (Lipinski definition) is 2. The monoisotopic (exact) mass is 326 g/mol. The normalized spacial score (nSPS) is 14.2. The van der Waals surface area contributed by atoms with E-state index in [0.717, 1.165) is 24.2 Å². The van der Waals surface area contributed by atoms with Crippen LogP contribution in [0.25, 0.3) is 10.9 Å². The van der Waals surface area contributed by atoms with E-state index in [-0.39, 0.29) is 12.1 Å². The molecule has 1 aliphatic carbocycles. The van der Waals surface area contributed by atoms with Crippen LogP contribution in [0.4, 0.5) is 0 Å². The Morgan fingerprint density at radius 3 is 2.88 bits per heavy atom. The average Bonchev–Trinajstić information content (AvgIpc) is 3.32. The molecular weight excluding hydrogens is 308 g/mol. The van der Waals surface area contributed by atoms with Gasteiger partial charge in [-0.2, -0.15) is 5.10 Å². The number of nitrogens with zero attached hydrogens (tertiary/aromatic N) is 2. The van der Waals surface area contributed by atoms with Gasteiger partial charge in [0, 0.05) is 5.92 Å². The highest BCUT2D eigenvalue weighted by molar-refractivity contribution is 5.78. The SMILES string of the molecule is CCOc1ccc2[nH]c(=O)n(Cc3cc(C4CC4)n[nH]3)c(=O)c2c1. The lowest BCUT2D eigenvalue weighted by Gasteiger charge is -2.07. The van der Waals surface area contributed by atoms with E-state index in [0.29, 0.717) is 29.2 Å². The van der Waals surface area contributed by atoms with E-state index in [1.807, 2.05) is 13.0 Å². The number of aromatic nitrogens is 4. The van der Waals surface area contributed by atoms with Crippen LogP contribution in [0.3, 0.4) is 0 Å². The third-order valence-electron chi connectivity index (χ3n) is 4.24. The van der Waals surface area contributed by atoms with Gasteiger partial charge in [-0.3, -0.25) is 14.5 Å². The van der Waals surface area contributed by atoms with E-state index in [1.165, 1.54) is 4.57 Å². The highest BCUT2D eigenvalue weighted by Crippen LogP contribution is 2.38. The Morgan fingerprint density at radius 1 is 1.29 bits per heavy atom. The Hall–Kier alpha value is -2.83. The van der Waals surface area contributed by atoms with Crippen LogP contribution in [0, 0.1) is 0 Å². The minimum Gasteiger partial charge on any atom is -0.494 e. The quantitative estimate of drug-likeness (QED) is 0.747. The molecule has 2 aromatic heterocycles. The zero-order chi connectivity index (χ0) is 16.7. The van der Waals surface area contributed by atoms with Crippen molar-refractivity contribution in [1.29, 1.82) is 0 Å². The molecule has 0 aliphatic heterocycles. The maximum Gasteiger partial charge on any atom is 0.329 e. The van der Waals surface area contributed by atoms with Crippen molar-refractivity contribution in [3.63, 3.8) is 0 Å². The van der Waals surface area contributed by atoms with E-state index in [9.17, 15) is 9.59 Å². The van der Waals surface area contributed by atoms with E-state index >= 15 is 0 Å². The van der Waals surface area contributed by atoms with Crippen LogP contribution in [-0.2, 0) is 6.54 Å². The summed E-state index contributed by atoms with van der Waals surface area (Å²) in [6, 6.07) is 7.03. The number of aromatic amines is 2. The predicted molar refractivity (Wildman–Crippen MR) is 89.7 cm³/mol. The summed E-state index contributed by atoms with van der Waals surface area (Å²) in [5.74, 6) is 1.13. The van der Waals surface area contributed by atoms with E-state index in [2.05, 4.69) is 15.2 Å². The van der Waals surface area contributed by atoms with Gasteiger partial charge in [-0.1, -0.05) is 0 Å². The number of rotatable bonds is 5. The Balaban J connectivity index is 1.75. The summed E-state index contributed by atoms with van der Waals surface area (Å²) in [6.07, 6.45) is 2.31. The van der Waals surface area contributed by atoms with Crippen molar-refractivity contribution in [2.45, 2.75) is 32.2 Å².